The Hall–Kier alpha value is -2.15. The van der Waals surface area contributed by atoms with E-state index in [1.54, 1.807) is 11.0 Å². The van der Waals surface area contributed by atoms with E-state index in [2.05, 4.69) is 5.32 Å². The highest BCUT2D eigenvalue weighted by Crippen LogP contribution is 2.34. The van der Waals surface area contributed by atoms with Crippen LogP contribution >= 0.6 is 0 Å². The molecule has 2 fully saturated rings. The van der Waals surface area contributed by atoms with E-state index in [-0.39, 0.29) is 29.1 Å². The average Bonchev–Trinajstić information content (AvgIpc) is 3.11. The number of nitrogens with zero attached hydrogens (tertiary/aromatic N) is 1. The minimum atomic E-state index is -0.365. The van der Waals surface area contributed by atoms with Gasteiger partial charge in [0.2, 0.25) is 5.91 Å². The maximum Gasteiger partial charge on any atom is 0.317 e. The molecule has 1 atom stereocenters. The van der Waals surface area contributed by atoms with Crippen LogP contribution < -0.4 is 11.1 Å². The van der Waals surface area contributed by atoms with Gasteiger partial charge in [0.15, 0.2) is 0 Å². The summed E-state index contributed by atoms with van der Waals surface area (Å²) in [5.41, 5.74) is 5.86. The van der Waals surface area contributed by atoms with Crippen LogP contribution in [0.3, 0.4) is 0 Å². The Kier molecular flexibility index (Phi) is 5.22. The summed E-state index contributed by atoms with van der Waals surface area (Å²) >= 11 is 0. The third-order valence-corrected chi connectivity index (χ3v) is 5.34. The van der Waals surface area contributed by atoms with Crippen molar-refractivity contribution >= 4 is 11.9 Å². The van der Waals surface area contributed by atoms with Gasteiger partial charge in [0.25, 0.3) is 0 Å². The molecular weight excluding hydrogens is 325 g/mol. The third-order valence-electron chi connectivity index (χ3n) is 5.34. The first-order valence-corrected chi connectivity index (χ1v) is 8.66. The first kappa shape index (κ1) is 17.7. The van der Waals surface area contributed by atoms with E-state index < -0.39 is 0 Å². The van der Waals surface area contributed by atoms with Crippen LogP contribution in [0.2, 0.25) is 0 Å². The van der Waals surface area contributed by atoms with Gasteiger partial charge in [-0.1, -0.05) is 12.1 Å². The lowest BCUT2D eigenvalue weighted by Crippen LogP contribution is -2.48. The van der Waals surface area contributed by atoms with Crippen molar-refractivity contribution in [3.05, 3.63) is 35.6 Å². The number of halogens is 1. The Labute approximate surface area is 146 Å². The lowest BCUT2D eigenvalue weighted by molar-refractivity contribution is -0.121. The van der Waals surface area contributed by atoms with Gasteiger partial charge in [-0.2, -0.15) is 0 Å². The van der Waals surface area contributed by atoms with E-state index in [9.17, 15) is 14.0 Å². The summed E-state index contributed by atoms with van der Waals surface area (Å²) in [4.78, 5) is 25.3. The smallest absolute Gasteiger partial charge is 0.317 e. The number of hydrogen-bond donors (Lipinski definition) is 2. The van der Waals surface area contributed by atoms with Gasteiger partial charge >= 0.3 is 6.03 Å². The van der Waals surface area contributed by atoms with Crippen molar-refractivity contribution < 1.29 is 18.7 Å². The molecule has 2 saturated heterocycles. The molecule has 6 nitrogen and oxygen atoms in total. The Morgan fingerprint density at radius 3 is 2.76 bits per heavy atom. The molecule has 1 aromatic carbocycles. The summed E-state index contributed by atoms with van der Waals surface area (Å²) in [5, 5.41) is 2.97. The molecule has 0 spiro atoms. The van der Waals surface area contributed by atoms with E-state index in [0.29, 0.717) is 39.3 Å². The Morgan fingerprint density at radius 1 is 1.36 bits per heavy atom. The summed E-state index contributed by atoms with van der Waals surface area (Å²) in [7, 11) is 0. The van der Waals surface area contributed by atoms with Crippen LogP contribution in [0.15, 0.2) is 24.3 Å². The molecule has 1 aromatic rings. The van der Waals surface area contributed by atoms with E-state index >= 15 is 0 Å². The van der Waals surface area contributed by atoms with Crippen LogP contribution in [0.5, 0.6) is 0 Å². The van der Waals surface area contributed by atoms with Crippen molar-refractivity contribution in [2.75, 3.05) is 32.8 Å². The second-order valence-corrected chi connectivity index (χ2v) is 6.90. The molecule has 2 heterocycles. The quantitative estimate of drug-likeness (QED) is 0.861. The molecule has 2 aliphatic rings. The number of nitrogens with two attached hydrogens (primary N) is 1. The zero-order valence-electron chi connectivity index (χ0n) is 14.2. The fourth-order valence-electron chi connectivity index (χ4n) is 3.68. The van der Waals surface area contributed by atoms with Crippen LogP contribution in [-0.4, -0.2) is 49.7 Å². The molecule has 0 bridgehead atoms. The first-order chi connectivity index (χ1) is 12.0. The van der Waals surface area contributed by atoms with Gasteiger partial charge in [0, 0.05) is 38.3 Å². The van der Waals surface area contributed by atoms with Crippen molar-refractivity contribution in [3.8, 4) is 0 Å². The van der Waals surface area contributed by atoms with Crippen LogP contribution in [0.1, 0.15) is 24.8 Å². The highest BCUT2D eigenvalue weighted by molar-refractivity contribution is 5.80. The highest BCUT2D eigenvalue weighted by atomic mass is 19.1. The second kappa shape index (κ2) is 7.39. The number of nitrogens with one attached hydrogen (secondary N) is 1. The molecule has 136 valence electrons. The number of carbonyl (C=O) groups excluding carboxylic acids is 2. The van der Waals surface area contributed by atoms with E-state index in [1.807, 2.05) is 6.07 Å². The molecule has 0 saturated carbocycles. The molecule has 0 aromatic heterocycles. The number of benzene rings is 1. The number of amides is 3. The van der Waals surface area contributed by atoms with Crippen LogP contribution in [0.25, 0.3) is 0 Å². The van der Waals surface area contributed by atoms with Crippen molar-refractivity contribution in [2.45, 2.75) is 24.7 Å². The third kappa shape index (κ3) is 3.92. The number of urea groups is 1. The average molecular weight is 349 g/mol. The normalized spacial score (nSPS) is 22.6. The highest BCUT2D eigenvalue weighted by Gasteiger charge is 2.36. The minimum Gasteiger partial charge on any atom is -0.381 e. The Morgan fingerprint density at radius 2 is 2.12 bits per heavy atom. The first-order valence-electron chi connectivity index (χ1n) is 8.66. The molecule has 0 radical (unpaired) electrons. The van der Waals surface area contributed by atoms with E-state index in [4.69, 9.17) is 10.5 Å². The molecule has 0 aliphatic carbocycles. The lowest BCUT2D eigenvalue weighted by Gasteiger charge is -2.38. The molecule has 2 aliphatic heterocycles. The van der Waals surface area contributed by atoms with Gasteiger partial charge in [-0.15, -0.1) is 0 Å². The molecule has 0 unspecified atom stereocenters. The maximum atomic E-state index is 13.7. The van der Waals surface area contributed by atoms with Crippen LogP contribution in [0.4, 0.5) is 9.18 Å². The summed E-state index contributed by atoms with van der Waals surface area (Å²) < 4.78 is 19.1. The summed E-state index contributed by atoms with van der Waals surface area (Å²) in [6.07, 6.45) is 2.05. The maximum absolute atomic E-state index is 13.7. The van der Waals surface area contributed by atoms with Crippen molar-refractivity contribution in [1.29, 1.82) is 0 Å². The summed E-state index contributed by atoms with van der Waals surface area (Å²) in [6, 6.07) is 6.35. The fourth-order valence-corrected chi connectivity index (χ4v) is 3.68. The number of carbonyl (C=O) groups is 2. The van der Waals surface area contributed by atoms with Crippen molar-refractivity contribution in [2.24, 2.45) is 11.7 Å². The van der Waals surface area contributed by atoms with Gasteiger partial charge < -0.3 is 20.7 Å². The van der Waals surface area contributed by atoms with Gasteiger partial charge in [-0.05, 0) is 37.0 Å². The minimum absolute atomic E-state index is 0.203. The molecule has 3 N–H and O–H groups in total. The van der Waals surface area contributed by atoms with E-state index in [0.717, 1.165) is 18.4 Å². The van der Waals surface area contributed by atoms with Crippen molar-refractivity contribution in [3.63, 3.8) is 0 Å². The molecule has 3 rings (SSSR count). The monoisotopic (exact) mass is 349 g/mol. The SMILES string of the molecule is NC(=O)[C@H]1CCN(C(=O)NCC2(c3cccc(F)c3)CCOCC2)C1. The van der Waals surface area contributed by atoms with Crippen LogP contribution in [-0.2, 0) is 14.9 Å². The Bertz CT molecular complexity index is 646. The lowest BCUT2D eigenvalue weighted by atomic mass is 9.74. The standard InChI is InChI=1S/C18H24FN3O3/c19-15-3-1-2-14(10-15)18(5-8-25-9-6-18)12-21-17(24)22-7-4-13(11-22)16(20)23/h1-3,10,13H,4-9,11-12H2,(H2,20,23)(H,21,24)/t13-/m0/s1. The molecule has 3 amide bonds. The second-order valence-electron chi connectivity index (χ2n) is 6.90. The zero-order valence-corrected chi connectivity index (χ0v) is 14.2. The zero-order chi connectivity index (χ0) is 17.9. The van der Waals surface area contributed by atoms with Gasteiger partial charge in [0.1, 0.15) is 5.82 Å². The van der Waals surface area contributed by atoms with Gasteiger partial charge in [0.05, 0.1) is 5.92 Å². The fraction of sp³-hybridized carbons (Fsp3) is 0.556. The topological polar surface area (TPSA) is 84.7 Å². The van der Waals surface area contributed by atoms with Gasteiger partial charge in [-0.3, -0.25) is 4.79 Å². The molecule has 7 heteroatoms. The number of primary amides is 1. The largest absolute Gasteiger partial charge is 0.381 e. The van der Waals surface area contributed by atoms with Gasteiger partial charge in [-0.25, -0.2) is 9.18 Å². The van der Waals surface area contributed by atoms with Crippen LogP contribution in [0, 0.1) is 11.7 Å². The summed E-state index contributed by atoms with van der Waals surface area (Å²) in [6.45, 7) is 2.46. The van der Waals surface area contributed by atoms with Crippen molar-refractivity contribution in [1.82, 2.24) is 10.2 Å². The Balaban J connectivity index is 1.67. The van der Waals surface area contributed by atoms with E-state index in [1.165, 1.54) is 12.1 Å². The predicted octanol–water partition coefficient (Wildman–Crippen LogP) is 1.39. The number of ether oxygens (including phenoxy) is 1. The predicted molar refractivity (Wildman–Crippen MR) is 90.4 cm³/mol. The molecular formula is C18H24FN3O3. The summed E-state index contributed by atoms with van der Waals surface area (Å²) in [5.74, 6) is -0.916. The number of hydrogen-bond acceptors (Lipinski definition) is 3. The number of likely N-dealkylation sites (tertiary alicyclic amines) is 1. The number of rotatable bonds is 4. The molecule has 25 heavy (non-hydrogen) atoms.